The van der Waals surface area contributed by atoms with Gasteiger partial charge in [0.15, 0.2) is 0 Å². The minimum Gasteiger partial charge on any atom is -0.399 e. The average molecular weight is 246 g/mol. The van der Waals surface area contributed by atoms with Gasteiger partial charge in [-0.3, -0.25) is 9.89 Å². The molecule has 1 amide bonds. The van der Waals surface area contributed by atoms with Crippen LogP contribution in [0, 0.1) is 0 Å². The smallest absolute Gasteiger partial charge is 0.252 e. The molecular formula is C11H14N6O. The number of rotatable bonds is 3. The van der Waals surface area contributed by atoms with Crippen LogP contribution in [-0.4, -0.2) is 21.1 Å². The number of carbonyl (C=O) groups excluding carboxylic acids is 1. The maximum atomic E-state index is 12.0. The standard InChI is InChI=1S/C11H14N6O/c1-6(10-14-5-15-17-10)16-11(18)7-2-8(12)4-9(13)3-7/h2-6H,12-13H2,1H3,(H,16,18)(H,14,15,17). The van der Waals surface area contributed by atoms with Gasteiger partial charge in [0.05, 0.1) is 6.04 Å². The summed E-state index contributed by atoms with van der Waals surface area (Å²) in [6.07, 6.45) is 1.39. The largest absolute Gasteiger partial charge is 0.399 e. The third kappa shape index (κ3) is 2.57. The van der Waals surface area contributed by atoms with Crippen molar-refractivity contribution in [2.45, 2.75) is 13.0 Å². The molecule has 0 bridgehead atoms. The Kier molecular flexibility index (Phi) is 3.13. The Bertz CT molecular complexity index is 530. The van der Waals surface area contributed by atoms with Gasteiger partial charge in [-0.25, -0.2) is 4.98 Å². The molecule has 1 aromatic heterocycles. The highest BCUT2D eigenvalue weighted by Crippen LogP contribution is 2.14. The van der Waals surface area contributed by atoms with Gasteiger partial charge >= 0.3 is 0 Å². The highest BCUT2D eigenvalue weighted by molar-refractivity contribution is 5.96. The van der Waals surface area contributed by atoms with Crippen LogP contribution in [0.3, 0.4) is 0 Å². The number of nitrogen functional groups attached to an aromatic ring is 2. The zero-order chi connectivity index (χ0) is 13.1. The fourth-order valence-corrected chi connectivity index (χ4v) is 1.58. The van der Waals surface area contributed by atoms with Crippen LogP contribution in [0.5, 0.6) is 0 Å². The summed E-state index contributed by atoms with van der Waals surface area (Å²) in [5.74, 6) is 0.318. The second-order valence-corrected chi connectivity index (χ2v) is 3.95. The van der Waals surface area contributed by atoms with E-state index in [2.05, 4.69) is 20.5 Å². The summed E-state index contributed by atoms with van der Waals surface area (Å²) in [4.78, 5) is 15.9. The summed E-state index contributed by atoms with van der Waals surface area (Å²) in [6.45, 7) is 1.80. The molecule has 0 fully saturated rings. The van der Waals surface area contributed by atoms with Crippen molar-refractivity contribution in [1.82, 2.24) is 20.5 Å². The van der Waals surface area contributed by atoms with Gasteiger partial charge in [-0.15, -0.1) is 0 Å². The van der Waals surface area contributed by atoms with Gasteiger partial charge in [-0.1, -0.05) is 0 Å². The van der Waals surface area contributed by atoms with Crippen molar-refractivity contribution in [1.29, 1.82) is 0 Å². The zero-order valence-electron chi connectivity index (χ0n) is 9.84. The van der Waals surface area contributed by atoms with Crippen molar-refractivity contribution in [3.8, 4) is 0 Å². The molecule has 1 atom stereocenters. The number of H-pyrrole nitrogens is 1. The summed E-state index contributed by atoms with van der Waals surface area (Å²) in [6, 6.07) is 4.46. The summed E-state index contributed by atoms with van der Waals surface area (Å²) >= 11 is 0. The molecule has 1 unspecified atom stereocenters. The van der Waals surface area contributed by atoms with Gasteiger partial charge in [0, 0.05) is 16.9 Å². The van der Waals surface area contributed by atoms with Gasteiger partial charge < -0.3 is 16.8 Å². The zero-order valence-corrected chi connectivity index (χ0v) is 9.84. The van der Waals surface area contributed by atoms with Crippen molar-refractivity contribution >= 4 is 17.3 Å². The Hall–Kier alpha value is -2.57. The Balaban J connectivity index is 2.12. The number of nitrogens with one attached hydrogen (secondary N) is 2. The number of hydrogen-bond donors (Lipinski definition) is 4. The number of carbonyl (C=O) groups is 1. The van der Waals surface area contributed by atoms with E-state index in [9.17, 15) is 4.79 Å². The van der Waals surface area contributed by atoms with Gasteiger partial charge in [-0.2, -0.15) is 5.10 Å². The summed E-state index contributed by atoms with van der Waals surface area (Å²) in [5.41, 5.74) is 12.6. The number of anilines is 2. The second kappa shape index (κ2) is 4.74. The highest BCUT2D eigenvalue weighted by Gasteiger charge is 2.14. The predicted octanol–water partition coefficient (Wildman–Crippen LogP) is 0.460. The first-order chi connectivity index (χ1) is 8.56. The van der Waals surface area contributed by atoms with Crippen molar-refractivity contribution in [2.75, 3.05) is 11.5 Å². The quantitative estimate of drug-likeness (QED) is 0.586. The topological polar surface area (TPSA) is 123 Å². The fourth-order valence-electron chi connectivity index (χ4n) is 1.58. The number of aromatic nitrogens is 3. The van der Waals surface area contributed by atoms with E-state index in [-0.39, 0.29) is 11.9 Å². The van der Waals surface area contributed by atoms with E-state index in [0.29, 0.717) is 22.8 Å². The number of amides is 1. The molecule has 7 nitrogen and oxygen atoms in total. The van der Waals surface area contributed by atoms with Crippen LogP contribution in [0.1, 0.15) is 29.1 Å². The minimum atomic E-state index is -0.275. The predicted molar refractivity (Wildman–Crippen MR) is 67.5 cm³/mol. The Labute approximate surface area is 104 Å². The van der Waals surface area contributed by atoms with Crippen molar-refractivity contribution in [3.63, 3.8) is 0 Å². The molecule has 0 saturated carbocycles. The summed E-state index contributed by atoms with van der Waals surface area (Å²) in [5, 5.41) is 9.18. The maximum absolute atomic E-state index is 12.0. The molecule has 0 saturated heterocycles. The Morgan fingerprint density at radius 3 is 2.56 bits per heavy atom. The summed E-state index contributed by atoms with van der Waals surface area (Å²) < 4.78 is 0. The lowest BCUT2D eigenvalue weighted by Gasteiger charge is -2.11. The van der Waals surface area contributed by atoms with E-state index >= 15 is 0 Å². The molecular weight excluding hydrogens is 232 g/mol. The Morgan fingerprint density at radius 2 is 2.00 bits per heavy atom. The lowest BCUT2D eigenvalue weighted by molar-refractivity contribution is 0.0938. The van der Waals surface area contributed by atoms with Crippen LogP contribution < -0.4 is 16.8 Å². The lowest BCUT2D eigenvalue weighted by Crippen LogP contribution is -2.27. The number of nitrogens with two attached hydrogens (primary N) is 2. The van der Waals surface area contributed by atoms with Crippen LogP contribution in [0.4, 0.5) is 11.4 Å². The number of aromatic amines is 1. The van der Waals surface area contributed by atoms with Gasteiger partial charge in [0.1, 0.15) is 12.2 Å². The molecule has 6 N–H and O–H groups in total. The van der Waals surface area contributed by atoms with Gasteiger partial charge in [0.2, 0.25) is 0 Å². The molecule has 7 heteroatoms. The van der Waals surface area contributed by atoms with Crippen LogP contribution in [-0.2, 0) is 0 Å². The monoisotopic (exact) mass is 246 g/mol. The van der Waals surface area contributed by atoms with Crippen molar-refractivity contribution in [3.05, 3.63) is 35.9 Å². The molecule has 18 heavy (non-hydrogen) atoms. The van der Waals surface area contributed by atoms with Gasteiger partial charge in [0.25, 0.3) is 5.91 Å². The van der Waals surface area contributed by atoms with E-state index in [1.54, 1.807) is 25.1 Å². The van der Waals surface area contributed by atoms with E-state index in [1.807, 2.05) is 0 Å². The van der Waals surface area contributed by atoms with Crippen LogP contribution in [0.25, 0.3) is 0 Å². The molecule has 0 aliphatic heterocycles. The van der Waals surface area contributed by atoms with Crippen LogP contribution >= 0.6 is 0 Å². The number of benzene rings is 1. The molecule has 0 spiro atoms. The molecule has 1 aromatic carbocycles. The Morgan fingerprint density at radius 1 is 1.33 bits per heavy atom. The third-order valence-electron chi connectivity index (χ3n) is 2.43. The lowest BCUT2D eigenvalue weighted by atomic mass is 10.1. The molecule has 0 radical (unpaired) electrons. The molecule has 2 aromatic rings. The van der Waals surface area contributed by atoms with E-state index in [1.165, 1.54) is 6.33 Å². The van der Waals surface area contributed by atoms with E-state index in [0.717, 1.165) is 0 Å². The first-order valence-electron chi connectivity index (χ1n) is 5.38. The SMILES string of the molecule is CC(NC(=O)c1cc(N)cc(N)c1)c1ncn[nH]1. The normalized spacial score (nSPS) is 12.1. The number of nitrogens with zero attached hydrogens (tertiary/aromatic N) is 2. The molecule has 1 heterocycles. The third-order valence-corrected chi connectivity index (χ3v) is 2.43. The summed E-state index contributed by atoms with van der Waals surface area (Å²) in [7, 11) is 0. The first-order valence-corrected chi connectivity index (χ1v) is 5.38. The second-order valence-electron chi connectivity index (χ2n) is 3.95. The van der Waals surface area contributed by atoms with E-state index < -0.39 is 0 Å². The first kappa shape index (κ1) is 11.9. The molecule has 2 rings (SSSR count). The van der Waals surface area contributed by atoms with Crippen LogP contribution in [0.2, 0.25) is 0 Å². The van der Waals surface area contributed by atoms with Crippen LogP contribution in [0.15, 0.2) is 24.5 Å². The fraction of sp³-hybridized carbons (Fsp3) is 0.182. The molecule has 94 valence electrons. The van der Waals surface area contributed by atoms with E-state index in [4.69, 9.17) is 11.5 Å². The van der Waals surface area contributed by atoms with Crippen molar-refractivity contribution in [2.24, 2.45) is 0 Å². The molecule has 0 aliphatic carbocycles. The van der Waals surface area contributed by atoms with Crippen molar-refractivity contribution < 1.29 is 4.79 Å². The molecule has 0 aliphatic rings. The van der Waals surface area contributed by atoms with Gasteiger partial charge in [-0.05, 0) is 25.1 Å². The highest BCUT2D eigenvalue weighted by atomic mass is 16.1. The maximum Gasteiger partial charge on any atom is 0.252 e. The average Bonchev–Trinajstić information content (AvgIpc) is 2.80. The number of hydrogen-bond acceptors (Lipinski definition) is 5. The minimum absolute atomic E-state index is 0.266.